The first-order valence-corrected chi connectivity index (χ1v) is 7.96. The van der Waals surface area contributed by atoms with Gasteiger partial charge in [0.2, 0.25) is 0 Å². The second-order valence-corrected chi connectivity index (χ2v) is 5.94. The maximum atomic E-state index is 13.7. The number of halogens is 4. The average molecular weight is 358 g/mol. The van der Waals surface area contributed by atoms with E-state index >= 15 is 0 Å². The van der Waals surface area contributed by atoms with Gasteiger partial charge in [-0.05, 0) is 25.1 Å². The fourth-order valence-corrected chi connectivity index (χ4v) is 2.76. The number of pyridine rings is 1. The summed E-state index contributed by atoms with van der Waals surface area (Å²) in [6.07, 6.45) is -3.05. The highest BCUT2D eigenvalue weighted by Crippen LogP contribution is 2.28. The molecule has 0 radical (unpaired) electrons. The number of benzene rings is 1. The number of amides is 1. The van der Waals surface area contributed by atoms with Gasteiger partial charge in [0.05, 0.1) is 17.4 Å². The summed E-state index contributed by atoms with van der Waals surface area (Å²) in [5.41, 5.74) is 0.314. The van der Waals surface area contributed by atoms with Crippen molar-refractivity contribution in [2.45, 2.75) is 24.2 Å². The van der Waals surface area contributed by atoms with Gasteiger partial charge in [-0.2, -0.15) is 13.2 Å². The van der Waals surface area contributed by atoms with Crippen molar-refractivity contribution in [3.05, 3.63) is 59.5 Å². The lowest BCUT2D eigenvalue weighted by atomic mass is 10.1. The smallest absolute Gasteiger partial charge is 0.345 e. The van der Waals surface area contributed by atoms with Gasteiger partial charge in [-0.15, -0.1) is 0 Å². The van der Waals surface area contributed by atoms with Crippen LogP contribution in [0, 0.1) is 5.82 Å². The SMILES string of the molecule is C[C@@H](NC(=O)c1cccnc1SCC(F)(F)F)c1ccccc1F. The number of nitrogens with one attached hydrogen (secondary N) is 1. The summed E-state index contributed by atoms with van der Waals surface area (Å²) >= 11 is 0.437. The van der Waals surface area contributed by atoms with Crippen LogP contribution in [0.5, 0.6) is 0 Å². The summed E-state index contributed by atoms with van der Waals surface area (Å²) < 4.78 is 50.8. The molecule has 0 aliphatic rings. The first kappa shape index (κ1) is 18.3. The largest absolute Gasteiger partial charge is 0.398 e. The van der Waals surface area contributed by atoms with E-state index in [2.05, 4.69) is 10.3 Å². The van der Waals surface area contributed by atoms with E-state index in [9.17, 15) is 22.4 Å². The minimum absolute atomic E-state index is 0.0203. The lowest BCUT2D eigenvalue weighted by molar-refractivity contribution is -0.105. The van der Waals surface area contributed by atoms with Crippen molar-refractivity contribution in [3.8, 4) is 0 Å². The van der Waals surface area contributed by atoms with E-state index in [1.54, 1.807) is 13.0 Å². The number of carbonyl (C=O) groups is 1. The molecule has 2 rings (SSSR count). The number of rotatable bonds is 5. The monoisotopic (exact) mass is 358 g/mol. The molecule has 1 heterocycles. The number of thioether (sulfide) groups is 1. The Labute approximate surface area is 140 Å². The first-order valence-electron chi connectivity index (χ1n) is 6.98. The molecule has 1 aromatic heterocycles. The molecule has 24 heavy (non-hydrogen) atoms. The van der Waals surface area contributed by atoms with Gasteiger partial charge in [0, 0.05) is 11.8 Å². The van der Waals surface area contributed by atoms with Gasteiger partial charge in [0.15, 0.2) is 0 Å². The van der Waals surface area contributed by atoms with Gasteiger partial charge in [0.1, 0.15) is 10.8 Å². The fourth-order valence-electron chi connectivity index (χ4n) is 2.01. The Morgan fingerprint density at radius 2 is 1.96 bits per heavy atom. The molecule has 0 saturated carbocycles. The topological polar surface area (TPSA) is 42.0 Å². The number of nitrogens with zero attached hydrogens (tertiary/aromatic N) is 1. The van der Waals surface area contributed by atoms with Crippen molar-refractivity contribution < 1.29 is 22.4 Å². The van der Waals surface area contributed by atoms with Gasteiger partial charge in [-0.25, -0.2) is 9.37 Å². The normalized spacial score (nSPS) is 12.7. The maximum absolute atomic E-state index is 13.7. The second-order valence-electron chi connectivity index (χ2n) is 4.98. The van der Waals surface area contributed by atoms with Crippen LogP contribution in [0.25, 0.3) is 0 Å². The van der Waals surface area contributed by atoms with Crippen molar-refractivity contribution in [2.75, 3.05) is 5.75 Å². The van der Waals surface area contributed by atoms with Crippen molar-refractivity contribution in [3.63, 3.8) is 0 Å². The molecule has 8 heteroatoms. The van der Waals surface area contributed by atoms with Crippen molar-refractivity contribution >= 4 is 17.7 Å². The predicted octanol–water partition coefficient (Wildman–Crippen LogP) is 4.37. The Hall–Kier alpha value is -2.09. The molecule has 0 unspecified atom stereocenters. The summed E-state index contributed by atoms with van der Waals surface area (Å²) in [6.45, 7) is 1.59. The van der Waals surface area contributed by atoms with Gasteiger partial charge < -0.3 is 5.32 Å². The molecule has 0 spiro atoms. The van der Waals surface area contributed by atoms with Crippen LogP contribution in [0.4, 0.5) is 17.6 Å². The van der Waals surface area contributed by atoms with Crippen LogP contribution in [-0.4, -0.2) is 22.8 Å². The summed E-state index contributed by atoms with van der Waals surface area (Å²) in [5, 5.41) is 2.56. The Balaban J connectivity index is 2.14. The van der Waals surface area contributed by atoms with Crippen molar-refractivity contribution in [2.24, 2.45) is 0 Å². The lowest BCUT2D eigenvalue weighted by Gasteiger charge is -2.16. The zero-order chi connectivity index (χ0) is 17.7. The van der Waals surface area contributed by atoms with Crippen LogP contribution < -0.4 is 5.32 Å². The quantitative estimate of drug-likeness (QED) is 0.638. The standard InChI is InChI=1S/C16H14F4N2OS/c1-10(11-5-2-3-7-13(11)17)22-14(23)12-6-4-8-21-15(12)24-9-16(18,19)20/h2-8,10H,9H2,1H3,(H,22,23)/t10-/m1/s1. The molecule has 2 aromatic rings. The summed E-state index contributed by atoms with van der Waals surface area (Å²) in [7, 11) is 0. The van der Waals surface area contributed by atoms with E-state index < -0.39 is 29.7 Å². The van der Waals surface area contributed by atoms with Crippen molar-refractivity contribution in [1.29, 1.82) is 0 Å². The summed E-state index contributed by atoms with van der Waals surface area (Å²) in [5.74, 6) is -2.22. The molecule has 0 aliphatic heterocycles. The first-order chi connectivity index (χ1) is 11.3. The molecule has 1 aromatic carbocycles. The summed E-state index contributed by atoms with van der Waals surface area (Å²) in [6, 6.07) is 8.17. The second kappa shape index (κ2) is 7.65. The molecule has 3 nitrogen and oxygen atoms in total. The molecular formula is C16H14F4N2OS. The minimum atomic E-state index is -4.36. The van der Waals surface area contributed by atoms with Gasteiger partial charge in [-0.3, -0.25) is 4.79 Å². The highest BCUT2D eigenvalue weighted by Gasteiger charge is 2.28. The van der Waals surface area contributed by atoms with E-state index in [1.165, 1.54) is 36.5 Å². The average Bonchev–Trinajstić information content (AvgIpc) is 2.52. The molecule has 0 aliphatic carbocycles. The molecule has 1 amide bonds. The Bertz CT molecular complexity index is 721. The number of aromatic nitrogens is 1. The zero-order valence-corrected chi connectivity index (χ0v) is 13.4. The van der Waals surface area contributed by atoms with Crippen molar-refractivity contribution in [1.82, 2.24) is 10.3 Å². The number of alkyl halides is 3. The molecular weight excluding hydrogens is 344 g/mol. The van der Waals surface area contributed by atoms with Gasteiger partial charge in [-0.1, -0.05) is 30.0 Å². The molecule has 0 fully saturated rings. The van der Waals surface area contributed by atoms with Crippen LogP contribution in [0.1, 0.15) is 28.9 Å². The molecule has 0 bridgehead atoms. The third kappa shape index (κ3) is 4.95. The Morgan fingerprint density at radius 1 is 1.25 bits per heavy atom. The number of hydrogen-bond acceptors (Lipinski definition) is 3. The van der Waals surface area contributed by atoms with Gasteiger partial charge in [0.25, 0.3) is 5.91 Å². The highest BCUT2D eigenvalue weighted by atomic mass is 32.2. The molecule has 1 N–H and O–H groups in total. The van der Waals surface area contributed by atoms with Crippen LogP contribution in [-0.2, 0) is 0 Å². The highest BCUT2D eigenvalue weighted by molar-refractivity contribution is 7.99. The van der Waals surface area contributed by atoms with E-state index in [0.717, 1.165) is 0 Å². The Morgan fingerprint density at radius 3 is 2.62 bits per heavy atom. The maximum Gasteiger partial charge on any atom is 0.398 e. The van der Waals surface area contributed by atoms with E-state index in [-0.39, 0.29) is 10.6 Å². The Kier molecular flexibility index (Phi) is 5.82. The van der Waals surface area contributed by atoms with Gasteiger partial charge >= 0.3 is 6.18 Å². The molecule has 0 saturated heterocycles. The third-order valence-corrected chi connectivity index (χ3v) is 4.18. The molecule has 1 atom stereocenters. The third-order valence-electron chi connectivity index (χ3n) is 3.11. The van der Waals surface area contributed by atoms with E-state index in [1.807, 2.05) is 0 Å². The number of carbonyl (C=O) groups excluding carboxylic acids is 1. The minimum Gasteiger partial charge on any atom is -0.345 e. The summed E-state index contributed by atoms with van der Waals surface area (Å²) in [4.78, 5) is 16.1. The fraction of sp³-hybridized carbons (Fsp3) is 0.250. The van der Waals surface area contributed by atoms with E-state index in [4.69, 9.17) is 0 Å². The molecule has 128 valence electrons. The van der Waals surface area contributed by atoms with E-state index in [0.29, 0.717) is 17.3 Å². The van der Waals surface area contributed by atoms with Crippen LogP contribution >= 0.6 is 11.8 Å². The predicted molar refractivity (Wildman–Crippen MR) is 83.3 cm³/mol. The lowest BCUT2D eigenvalue weighted by Crippen LogP contribution is -2.28. The zero-order valence-electron chi connectivity index (χ0n) is 12.6. The van der Waals surface area contributed by atoms with Crippen LogP contribution in [0.3, 0.4) is 0 Å². The van der Waals surface area contributed by atoms with Crippen LogP contribution in [0.2, 0.25) is 0 Å². The number of hydrogen-bond donors (Lipinski definition) is 1. The van der Waals surface area contributed by atoms with Crippen LogP contribution in [0.15, 0.2) is 47.6 Å².